The van der Waals surface area contributed by atoms with Crippen LogP contribution in [0.2, 0.25) is 0 Å². The summed E-state index contributed by atoms with van der Waals surface area (Å²) in [4.78, 5) is 11.3. The smallest absolute Gasteiger partial charge is 0.162 e. The van der Waals surface area contributed by atoms with Gasteiger partial charge < -0.3 is 4.74 Å². The molecule has 0 bridgehead atoms. The predicted octanol–water partition coefficient (Wildman–Crippen LogP) is 2.57. The first kappa shape index (κ1) is 10.4. The summed E-state index contributed by atoms with van der Waals surface area (Å²) in [7, 11) is 0. The Kier molecular flexibility index (Phi) is 2.61. The second-order valence-corrected chi connectivity index (χ2v) is 4.81. The number of Topliss-reactive ketones (excluding diaryl/α,β-unsaturated/α-hetero) is 1. The third-order valence-corrected chi connectivity index (χ3v) is 2.89. The van der Waals surface area contributed by atoms with Gasteiger partial charge in [0.1, 0.15) is 6.10 Å². The molecule has 0 amide bonds. The molecule has 1 aliphatic rings. The summed E-state index contributed by atoms with van der Waals surface area (Å²) in [5, 5.41) is 0. The molecule has 1 saturated carbocycles. The zero-order chi connectivity index (χ0) is 10.9. The molecular weight excluding hydrogens is 188 g/mol. The van der Waals surface area contributed by atoms with Crippen LogP contribution in [0.4, 0.5) is 0 Å². The molecule has 0 aromatic heterocycles. The molecule has 1 atom stereocenters. The molecule has 0 heterocycles. The van der Waals surface area contributed by atoms with E-state index in [9.17, 15) is 4.79 Å². The van der Waals surface area contributed by atoms with Crippen LogP contribution in [0.1, 0.15) is 25.8 Å². The van der Waals surface area contributed by atoms with E-state index in [1.54, 1.807) is 0 Å². The second-order valence-electron chi connectivity index (χ2n) is 4.81. The highest BCUT2D eigenvalue weighted by Gasteiger charge is 2.47. The molecular formula is C13H16O2. The largest absolute Gasteiger partial charge is 0.365 e. The van der Waals surface area contributed by atoms with Gasteiger partial charge in [0.15, 0.2) is 5.78 Å². The highest BCUT2D eigenvalue weighted by Crippen LogP contribution is 2.39. The van der Waals surface area contributed by atoms with Crippen LogP contribution in [0.3, 0.4) is 0 Å². The Morgan fingerprint density at radius 3 is 2.53 bits per heavy atom. The van der Waals surface area contributed by atoms with Crippen LogP contribution in [-0.4, -0.2) is 11.9 Å². The zero-order valence-electron chi connectivity index (χ0n) is 9.19. The second kappa shape index (κ2) is 3.78. The van der Waals surface area contributed by atoms with Crippen LogP contribution < -0.4 is 0 Å². The number of hydrogen-bond donors (Lipinski definition) is 0. The van der Waals surface area contributed by atoms with Crippen molar-refractivity contribution in [2.45, 2.75) is 33.0 Å². The Labute approximate surface area is 90.3 Å². The van der Waals surface area contributed by atoms with Gasteiger partial charge in [0.25, 0.3) is 0 Å². The van der Waals surface area contributed by atoms with Gasteiger partial charge in [-0.1, -0.05) is 44.2 Å². The molecule has 1 fully saturated rings. The number of hydrogen-bond acceptors (Lipinski definition) is 2. The molecule has 1 aliphatic carbocycles. The van der Waals surface area contributed by atoms with Crippen molar-refractivity contribution >= 4 is 5.78 Å². The van der Waals surface area contributed by atoms with Crippen molar-refractivity contribution < 1.29 is 9.53 Å². The van der Waals surface area contributed by atoms with E-state index in [4.69, 9.17) is 4.74 Å². The van der Waals surface area contributed by atoms with E-state index < -0.39 is 0 Å². The lowest BCUT2D eigenvalue weighted by molar-refractivity contribution is -0.160. The van der Waals surface area contributed by atoms with E-state index in [0.29, 0.717) is 13.0 Å². The van der Waals surface area contributed by atoms with Crippen LogP contribution in [0.15, 0.2) is 30.3 Å². The molecule has 2 heteroatoms. The summed E-state index contributed by atoms with van der Waals surface area (Å²) in [6, 6.07) is 9.95. The van der Waals surface area contributed by atoms with Crippen molar-refractivity contribution in [2.24, 2.45) is 5.41 Å². The quantitative estimate of drug-likeness (QED) is 0.756. The minimum Gasteiger partial charge on any atom is -0.365 e. The normalized spacial score (nSPS) is 23.6. The Morgan fingerprint density at radius 1 is 1.33 bits per heavy atom. The standard InChI is InChI=1S/C13H16O2/c1-13(2)8-11(14)12(13)15-9-10-6-4-3-5-7-10/h3-7,12H,8-9H2,1-2H3. The van der Waals surface area contributed by atoms with Crippen LogP contribution in [-0.2, 0) is 16.1 Å². The number of carbonyl (C=O) groups is 1. The molecule has 2 nitrogen and oxygen atoms in total. The third-order valence-electron chi connectivity index (χ3n) is 2.89. The minimum absolute atomic E-state index is 0.0197. The van der Waals surface area contributed by atoms with Crippen LogP contribution in [0.5, 0.6) is 0 Å². The molecule has 2 rings (SSSR count). The van der Waals surface area contributed by atoms with E-state index in [-0.39, 0.29) is 17.3 Å². The van der Waals surface area contributed by atoms with Gasteiger partial charge in [-0.15, -0.1) is 0 Å². The topological polar surface area (TPSA) is 26.3 Å². The molecule has 0 saturated heterocycles. The van der Waals surface area contributed by atoms with Gasteiger partial charge in [-0.2, -0.15) is 0 Å². The van der Waals surface area contributed by atoms with Gasteiger partial charge in [-0.3, -0.25) is 4.79 Å². The lowest BCUT2D eigenvalue weighted by Crippen LogP contribution is -2.51. The van der Waals surface area contributed by atoms with Gasteiger partial charge in [0, 0.05) is 11.8 Å². The van der Waals surface area contributed by atoms with Gasteiger partial charge >= 0.3 is 0 Å². The molecule has 80 valence electrons. The first-order valence-corrected chi connectivity index (χ1v) is 5.28. The van der Waals surface area contributed by atoms with Crippen LogP contribution in [0.25, 0.3) is 0 Å². The predicted molar refractivity (Wildman–Crippen MR) is 58.4 cm³/mol. The van der Waals surface area contributed by atoms with Crippen molar-refractivity contribution in [1.29, 1.82) is 0 Å². The van der Waals surface area contributed by atoms with E-state index >= 15 is 0 Å². The van der Waals surface area contributed by atoms with E-state index in [1.165, 1.54) is 0 Å². The Bertz CT molecular complexity index is 354. The number of rotatable bonds is 3. The number of ether oxygens (including phenoxy) is 1. The van der Waals surface area contributed by atoms with E-state index in [2.05, 4.69) is 13.8 Å². The maximum atomic E-state index is 11.3. The maximum Gasteiger partial charge on any atom is 0.162 e. The summed E-state index contributed by atoms with van der Waals surface area (Å²) in [6.07, 6.45) is 0.435. The fourth-order valence-electron chi connectivity index (χ4n) is 2.01. The summed E-state index contributed by atoms with van der Waals surface area (Å²) < 4.78 is 5.64. The summed E-state index contributed by atoms with van der Waals surface area (Å²) in [5.74, 6) is 0.232. The van der Waals surface area contributed by atoms with Crippen molar-refractivity contribution in [3.05, 3.63) is 35.9 Å². The summed E-state index contributed by atoms with van der Waals surface area (Å²) in [5.41, 5.74) is 1.14. The van der Waals surface area contributed by atoms with Gasteiger partial charge in [0.05, 0.1) is 6.61 Å². The first-order valence-electron chi connectivity index (χ1n) is 5.28. The highest BCUT2D eigenvalue weighted by molar-refractivity contribution is 5.91. The number of benzene rings is 1. The zero-order valence-corrected chi connectivity index (χ0v) is 9.19. The van der Waals surface area contributed by atoms with Gasteiger partial charge in [-0.05, 0) is 5.56 Å². The lowest BCUT2D eigenvalue weighted by Gasteiger charge is -2.42. The highest BCUT2D eigenvalue weighted by atomic mass is 16.5. The fraction of sp³-hybridized carbons (Fsp3) is 0.462. The summed E-state index contributed by atoms with van der Waals surface area (Å²) in [6.45, 7) is 4.68. The Morgan fingerprint density at radius 2 is 2.00 bits per heavy atom. The minimum atomic E-state index is -0.210. The van der Waals surface area contributed by atoms with Crippen molar-refractivity contribution in [1.82, 2.24) is 0 Å². The average molecular weight is 204 g/mol. The molecule has 0 N–H and O–H groups in total. The van der Waals surface area contributed by atoms with Gasteiger partial charge in [0.2, 0.25) is 0 Å². The summed E-state index contributed by atoms with van der Waals surface area (Å²) >= 11 is 0. The first-order chi connectivity index (χ1) is 7.09. The molecule has 15 heavy (non-hydrogen) atoms. The molecule has 1 aromatic rings. The molecule has 0 radical (unpaired) electrons. The van der Waals surface area contributed by atoms with Crippen molar-refractivity contribution in [3.63, 3.8) is 0 Å². The van der Waals surface area contributed by atoms with E-state index in [1.807, 2.05) is 30.3 Å². The lowest BCUT2D eigenvalue weighted by atomic mass is 9.68. The maximum absolute atomic E-state index is 11.3. The SMILES string of the molecule is CC1(C)CC(=O)C1OCc1ccccc1. The Balaban J connectivity index is 1.92. The fourth-order valence-corrected chi connectivity index (χ4v) is 2.01. The molecule has 0 spiro atoms. The molecule has 1 aromatic carbocycles. The van der Waals surface area contributed by atoms with Gasteiger partial charge in [-0.25, -0.2) is 0 Å². The molecule has 1 unspecified atom stereocenters. The Hall–Kier alpha value is -1.15. The van der Waals surface area contributed by atoms with E-state index in [0.717, 1.165) is 5.56 Å². The van der Waals surface area contributed by atoms with Crippen molar-refractivity contribution in [2.75, 3.05) is 0 Å². The van der Waals surface area contributed by atoms with Crippen LogP contribution >= 0.6 is 0 Å². The average Bonchev–Trinajstić information content (AvgIpc) is 2.18. The van der Waals surface area contributed by atoms with Crippen LogP contribution in [0, 0.1) is 5.41 Å². The number of ketones is 1. The third kappa shape index (κ3) is 2.10. The molecule has 0 aliphatic heterocycles. The number of carbonyl (C=O) groups excluding carboxylic acids is 1. The monoisotopic (exact) mass is 204 g/mol. The van der Waals surface area contributed by atoms with Crippen molar-refractivity contribution in [3.8, 4) is 0 Å².